The van der Waals surface area contributed by atoms with Gasteiger partial charge in [0.05, 0.1) is 5.56 Å². The van der Waals surface area contributed by atoms with E-state index in [9.17, 15) is 9.59 Å². The van der Waals surface area contributed by atoms with E-state index < -0.39 is 0 Å². The number of halogens is 1. The maximum Gasteiger partial charge on any atom is 0.255 e. The molecule has 0 saturated carbocycles. The average Bonchev–Trinajstić information content (AvgIpc) is 2.53. The zero-order valence-corrected chi connectivity index (χ0v) is 11.8. The molecule has 1 aliphatic rings. The van der Waals surface area contributed by atoms with Crippen LogP contribution in [0.2, 0.25) is 0 Å². The minimum Gasteiger partial charge on any atom is -0.354 e. The standard InChI is InChI=1S/C13H15BrN2O2/c1-9-2-3-10(11(14)8-9)13(18)16-6-4-12(17)15-5-7-16/h2-3,8H,4-7H2,1H3,(H,15,17). The molecule has 0 radical (unpaired) electrons. The van der Waals surface area contributed by atoms with Crippen LogP contribution >= 0.6 is 15.9 Å². The molecule has 5 heteroatoms. The predicted molar refractivity (Wildman–Crippen MR) is 72.4 cm³/mol. The zero-order chi connectivity index (χ0) is 13.1. The van der Waals surface area contributed by atoms with Crippen LogP contribution in [0.3, 0.4) is 0 Å². The summed E-state index contributed by atoms with van der Waals surface area (Å²) in [5.41, 5.74) is 1.75. The molecule has 0 bridgehead atoms. The molecule has 4 nitrogen and oxygen atoms in total. The third kappa shape index (κ3) is 2.90. The smallest absolute Gasteiger partial charge is 0.255 e. The lowest BCUT2D eigenvalue weighted by molar-refractivity contribution is -0.120. The van der Waals surface area contributed by atoms with Crippen LogP contribution in [-0.2, 0) is 4.79 Å². The topological polar surface area (TPSA) is 49.4 Å². The molecule has 2 amide bonds. The minimum absolute atomic E-state index is 0.00766. The second-order valence-corrected chi connectivity index (χ2v) is 5.23. The van der Waals surface area contributed by atoms with Gasteiger partial charge in [-0.2, -0.15) is 0 Å². The van der Waals surface area contributed by atoms with Crippen molar-refractivity contribution in [2.75, 3.05) is 19.6 Å². The molecule has 0 aliphatic carbocycles. The second-order valence-electron chi connectivity index (χ2n) is 4.38. The number of benzene rings is 1. The minimum atomic E-state index is -0.0293. The lowest BCUT2D eigenvalue weighted by Gasteiger charge is -2.20. The number of nitrogens with one attached hydrogen (secondary N) is 1. The van der Waals surface area contributed by atoms with E-state index in [0.717, 1.165) is 10.0 Å². The lowest BCUT2D eigenvalue weighted by atomic mass is 10.1. The molecular formula is C13H15BrN2O2. The fourth-order valence-corrected chi connectivity index (χ4v) is 2.60. The van der Waals surface area contributed by atoms with Crippen LogP contribution in [0.25, 0.3) is 0 Å². The summed E-state index contributed by atoms with van der Waals surface area (Å²) in [6.07, 6.45) is 0.370. The molecule has 1 aromatic carbocycles. The Morgan fingerprint density at radius 2 is 2.17 bits per heavy atom. The fourth-order valence-electron chi connectivity index (χ4n) is 1.93. The van der Waals surface area contributed by atoms with Gasteiger partial charge in [0.2, 0.25) is 5.91 Å². The summed E-state index contributed by atoms with van der Waals surface area (Å²) in [4.78, 5) is 25.3. The Hall–Kier alpha value is -1.36. The van der Waals surface area contributed by atoms with Gasteiger partial charge in [0.15, 0.2) is 0 Å². The summed E-state index contributed by atoms with van der Waals surface area (Å²) >= 11 is 3.42. The van der Waals surface area contributed by atoms with Gasteiger partial charge in [-0.1, -0.05) is 6.07 Å². The number of carbonyl (C=O) groups excluding carboxylic acids is 2. The van der Waals surface area contributed by atoms with E-state index in [4.69, 9.17) is 0 Å². The van der Waals surface area contributed by atoms with E-state index in [1.54, 1.807) is 4.90 Å². The Balaban J connectivity index is 2.17. The molecule has 0 aromatic heterocycles. The molecule has 1 fully saturated rings. The first-order valence-corrected chi connectivity index (χ1v) is 6.69. The van der Waals surface area contributed by atoms with Gasteiger partial charge in [0.25, 0.3) is 5.91 Å². The van der Waals surface area contributed by atoms with Crippen molar-refractivity contribution < 1.29 is 9.59 Å². The molecule has 96 valence electrons. The van der Waals surface area contributed by atoms with Crippen molar-refractivity contribution in [1.29, 1.82) is 0 Å². The number of aryl methyl sites for hydroxylation is 1. The molecule has 1 aliphatic heterocycles. The second kappa shape index (κ2) is 5.52. The number of amides is 2. The summed E-state index contributed by atoms with van der Waals surface area (Å²) in [5, 5.41) is 2.76. The third-order valence-corrected chi connectivity index (χ3v) is 3.61. The largest absolute Gasteiger partial charge is 0.354 e. The maximum absolute atomic E-state index is 12.3. The van der Waals surface area contributed by atoms with E-state index in [1.807, 2.05) is 25.1 Å². The SMILES string of the molecule is Cc1ccc(C(=O)N2CCNC(=O)CC2)c(Br)c1. The third-order valence-electron chi connectivity index (χ3n) is 2.95. The summed E-state index contributed by atoms with van der Waals surface area (Å²) in [6.45, 7) is 3.54. The number of carbonyl (C=O) groups is 2. The summed E-state index contributed by atoms with van der Waals surface area (Å²) in [6, 6.07) is 5.66. The normalized spacial score (nSPS) is 16.1. The Morgan fingerprint density at radius 1 is 1.39 bits per heavy atom. The number of hydrogen-bond donors (Lipinski definition) is 1. The van der Waals surface area contributed by atoms with Crippen molar-refractivity contribution in [3.05, 3.63) is 33.8 Å². The van der Waals surface area contributed by atoms with Crippen molar-refractivity contribution in [2.24, 2.45) is 0 Å². The van der Waals surface area contributed by atoms with Crippen molar-refractivity contribution in [1.82, 2.24) is 10.2 Å². The molecule has 0 unspecified atom stereocenters. The quantitative estimate of drug-likeness (QED) is 0.858. The highest BCUT2D eigenvalue weighted by molar-refractivity contribution is 9.10. The highest BCUT2D eigenvalue weighted by Crippen LogP contribution is 2.20. The van der Waals surface area contributed by atoms with Crippen molar-refractivity contribution >= 4 is 27.7 Å². The summed E-state index contributed by atoms with van der Waals surface area (Å²) in [5.74, 6) is -0.0216. The van der Waals surface area contributed by atoms with Crippen LogP contribution in [0, 0.1) is 6.92 Å². The van der Waals surface area contributed by atoms with Gasteiger partial charge in [-0.3, -0.25) is 9.59 Å². The van der Waals surface area contributed by atoms with Crippen LogP contribution in [-0.4, -0.2) is 36.3 Å². The Bertz CT molecular complexity index is 488. The Labute approximate surface area is 114 Å². The Kier molecular flexibility index (Phi) is 4.01. The van der Waals surface area contributed by atoms with Gasteiger partial charge >= 0.3 is 0 Å². The number of rotatable bonds is 1. The molecule has 1 saturated heterocycles. The van der Waals surface area contributed by atoms with Gasteiger partial charge in [0, 0.05) is 30.5 Å². The van der Waals surface area contributed by atoms with E-state index in [0.29, 0.717) is 31.6 Å². The zero-order valence-electron chi connectivity index (χ0n) is 10.2. The average molecular weight is 311 g/mol. The van der Waals surface area contributed by atoms with E-state index in [-0.39, 0.29) is 11.8 Å². The van der Waals surface area contributed by atoms with Crippen molar-refractivity contribution in [3.8, 4) is 0 Å². The summed E-state index contributed by atoms with van der Waals surface area (Å²) < 4.78 is 0.802. The lowest BCUT2D eigenvalue weighted by Crippen LogP contribution is -2.34. The molecule has 18 heavy (non-hydrogen) atoms. The molecule has 2 rings (SSSR count). The highest BCUT2D eigenvalue weighted by Gasteiger charge is 2.21. The molecule has 1 aromatic rings. The molecule has 0 spiro atoms. The van der Waals surface area contributed by atoms with Gasteiger partial charge in [0.1, 0.15) is 0 Å². The van der Waals surface area contributed by atoms with Crippen LogP contribution in [0.1, 0.15) is 22.3 Å². The van der Waals surface area contributed by atoms with Crippen LogP contribution < -0.4 is 5.32 Å². The molecular weight excluding hydrogens is 296 g/mol. The van der Waals surface area contributed by atoms with Crippen molar-refractivity contribution in [2.45, 2.75) is 13.3 Å². The van der Waals surface area contributed by atoms with Crippen LogP contribution in [0.15, 0.2) is 22.7 Å². The van der Waals surface area contributed by atoms with Gasteiger partial charge in [-0.25, -0.2) is 0 Å². The molecule has 1 heterocycles. The van der Waals surface area contributed by atoms with Gasteiger partial charge in [-0.05, 0) is 40.5 Å². The van der Waals surface area contributed by atoms with E-state index in [1.165, 1.54) is 0 Å². The molecule has 1 N–H and O–H groups in total. The van der Waals surface area contributed by atoms with E-state index >= 15 is 0 Å². The van der Waals surface area contributed by atoms with Gasteiger partial charge < -0.3 is 10.2 Å². The first-order chi connectivity index (χ1) is 8.58. The molecule has 0 atom stereocenters. The highest BCUT2D eigenvalue weighted by atomic mass is 79.9. The Morgan fingerprint density at radius 3 is 2.89 bits per heavy atom. The van der Waals surface area contributed by atoms with Crippen LogP contribution in [0.5, 0.6) is 0 Å². The van der Waals surface area contributed by atoms with E-state index in [2.05, 4.69) is 21.2 Å². The van der Waals surface area contributed by atoms with Crippen molar-refractivity contribution in [3.63, 3.8) is 0 Å². The van der Waals surface area contributed by atoms with Crippen LogP contribution in [0.4, 0.5) is 0 Å². The monoisotopic (exact) mass is 310 g/mol. The first kappa shape index (κ1) is 13.1. The van der Waals surface area contributed by atoms with Gasteiger partial charge in [-0.15, -0.1) is 0 Å². The first-order valence-electron chi connectivity index (χ1n) is 5.90. The maximum atomic E-state index is 12.3. The summed E-state index contributed by atoms with van der Waals surface area (Å²) in [7, 11) is 0. The predicted octanol–water partition coefficient (Wildman–Crippen LogP) is 1.72. The fraction of sp³-hybridized carbons (Fsp3) is 0.385. The number of nitrogens with zero attached hydrogens (tertiary/aromatic N) is 1. The number of hydrogen-bond acceptors (Lipinski definition) is 2.